The van der Waals surface area contributed by atoms with Gasteiger partial charge in [0.05, 0.1) is 0 Å². The van der Waals surface area contributed by atoms with Crippen molar-refractivity contribution in [1.29, 1.82) is 0 Å². The zero-order valence-electron chi connectivity index (χ0n) is 11.3. The summed E-state index contributed by atoms with van der Waals surface area (Å²) in [7, 11) is 0. The van der Waals surface area contributed by atoms with Gasteiger partial charge in [-0.1, -0.05) is 0 Å². The first-order valence-electron chi connectivity index (χ1n) is 7.23. The Morgan fingerprint density at radius 3 is 2.68 bits per heavy atom. The number of carbonyl (C=O) groups excluding carboxylic acids is 1. The highest BCUT2D eigenvalue weighted by Gasteiger charge is 2.33. The number of hydrogen-bond donors (Lipinski definition) is 0. The van der Waals surface area contributed by atoms with Crippen molar-refractivity contribution in [2.24, 2.45) is 5.92 Å². The maximum absolute atomic E-state index is 12.1. The van der Waals surface area contributed by atoms with Gasteiger partial charge >= 0.3 is 0 Å². The molecule has 102 valence electrons. The summed E-state index contributed by atoms with van der Waals surface area (Å²) in [5, 5.41) is 0. The highest BCUT2D eigenvalue weighted by atomic mass is 16.2. The number of carbonyl (C=O) groups is 1. The van der Waals surface area contributed by atoms with Gasteiger partial charge in [-0.2, -0.15) is 0 Å². The summed E-state index contributed by atoms with van der Waals surface area (Å²) >= 11 is 0. The Labute approximate surface area is 114 Å². The minimum atomic E-state index is 0.353. The number of amides is 1. The Morgan fingerprint density at radius 1 is 1.16 bits per heavy atom. The molecule has 2 heterocycles. The minimum Gasteiger partial charge on any atom is -0.341 e. The number of aromatic nitrogens is 1. The molecule has 1 aliphatic heterocycles. The van der Waals surface area contributed by atoms with Gasteiger partial charge in [0, 0.05) is 51.0 Å². The zero-order valence-corrected chi connectivity index (χ0v) is 11.3. The van der Waals surface area contributed by atoms with Crippen LogP contribution in [0.2, 0.25) is 0 Å². The minimum absolute atomic E-state index is 0.353. The molecule has 2 fully saturated rings. The molecule has 0 N–H and O–H groups in total. The van der Waals surface area contributed by atoms with Crippen LogP contribution in [0.5, 0.6) is 0 Å². The summed E-state index contributed by atoms with van der Waals surface area (Å²) in [4.78, 5) is 20.6. The molecule has 0 atom stereocenters. The van der Waals surface area contributed by atoms with Crippen molar-refractivity contribution in [2.45, 2.75) is 25.8 Å². The quantitative estimate of drug-likeness (QED) is 0.826. The molecule has 1 amide bonds. The number of pyridine rings is 1. The van der Waals surface area contributed by atoms with Gasteiger partial charge in [-0.05, 0) is 37.0 Å². The molecular formula is C15H21N3O. The largest absolute Gasteiger partial charge is 0.341 e. The van der Waals surface area contributed by atoms with Crippen molar-refractivity contribution < 1.29 is 4.79 Å². The van der Waals surface area contributed by atoms with Crippen molar-refractivity contribution in [1.82, 2.24) is 14.8 Å². The first kappa shape index (κ1) is 12.6. The van der Waals surface area contributed by atoms with Gasteiger partial charge in [-0.3, -0.25) is 14.7 Å². The lowest BCUT2D eigenvalue weighted by Crippen LogP contribution is -2.35. The molecule has 0 radical (unpaired) electrons. The van der Waals surface area contributed by atoms with Crippen molar-refractivity contribution in [3.05, 3.63) is 30.1 Å². The Kier molecular flexibility index (Phi) is 3.78. The summed E-state index contributed by atoms with van der Waals surface area (Å²) in [5.74, 6) is 0.748. The molecule has 3 rings (SSSR count). The Morgan fingerprint density at radius 2 is 1.95 bits per heavy atom. The second-order valence-corrected chi connectivity index (χ2v) is 5.58. The molecule has 2 aliphatic rings. The lowest BCUT2D eigenvalue weighted by Gasteiger charge is -2.22. The van der Waals surface area contributed by atoms with E-state index in [4.69, 9.17) is 0 Å². The summed E-state index contributed by atoms with van der Waals surface area (Å²) in [6.07, 6.45) is 6.99. The number of rotatable bonds is 3. The first-order valence-corrected chi connectivity index (χ1v) is 7.23. The normalized spacial score (nSPS) is 21.2. The van der Waals surface area contributed by atoms with Crippen molar-refractivity contribution in [3.63, 3.8) is 0 Å². The van der Waals surface area contributed by atoms with Gasteiger partial charge < -0.3 is 4.90 Å². The van der Waals surface area contributed by atoms with Crippen LogP contribution in [0, 0.1) is 5.92 Å². The molecule has 0 unspecified atom stereocenters. The van der Waals surface area contributed by atoms with Gasteiger partial charge in [-0.25, -0.2) is 0 Å². The van der Waals surface area contributed by atoms with E-state index < -0.39 is 0 Å². The summed E-state index contributed by atoms with van der Waals surface area (Å²) in [5.41, 5.74) is 1.30. The molecule has 1 aromatic rings. The second-order valence-electron chi connectivity index (χ2n) is 5.58. The van der Waals surface area contributed by atoms with Crippen molar-refractivity contribution in [3.8, 4) is 0 Å². The van der Waals surface area contributed by atoms with Crippen LogP contribution in [0.4, 0.5) is 0 Å². The third kappa shape index (κ3) is 3.32. The topological polar surface area (TPSA) is 36.4 Å². The van der Waals surface area contributed by atoms with E-state index in [1.165, 1.54) is 5.56 Å². The summed E-state index contributed by atoms with van der Waals surface area (Å²) in [6.45, 7) is 4.86. The van der Waals surface area contributed by atoms with Crippen LogP contribution in [0.1, 0.15) is 24.8 Å². The van der Waals surface area contributed by atoms with E-state index in [1.54, 1.807) is 0 Å². The molecule has 0 aromatic carbocycles. The number of hydrogen-bond acceptors (Lipinski definition) is 3. The fourth-order valence-corrected chi connectivity index (χ4v) is 2.68. The van der Waals surface area contributed by atoms with E-state index in [0.717, 1.165) is 52.0 Å². The van der Waals surface area contributed by atoms with Crippen LogP contribution in [0.25, 0.3) is 0 Å². The average molecular weight is 259 g/mol. The van der Waals surface area contributed by atoms with E-state index >= 15 is 0 Å². The Balaban J connectivity index is 1.54. The molecule has 4 nitrogen and oxygen atoms in total. The molecular weight excluding hydrogens is 238 g/mol. The van der Waals surface area contributed by atoms with Crippen LogP contribution in [0.3, 0.4) is 0 Å². The molecule has 0 spiro atoms. The summed E-state index contributed by atoms with van der Waals surface area (Å²) in [6, 6.07) is 4.13. The van der Waals surface area contributed by atoms with Gasteiger partial charge in [0.15, 0.2) is 0 Å². The molecule has 4 heteroatoms. The van der Waals surface area contributed by atoms with E-state index in [1.807, 2.05) is 12.4 Å². The van der Waals surface area contributed by atoms with E-state index in [2.05, 4.69) is 26.9 Å². The monoisotopic (exact) mass is 259 g/mol. The van der Waals surface area contributed by atoms with Gasteiger partial charge in [0.1, 0.15) is 0 Å². The standard InChI is InChI=1S/C15H21N3O/c19-15(14-2-3-14)18-9-1-8-17(10-11-18)12-13-4-6-16-7-5-13/h4-7,14H,1-3,8-12H2. The third-order valence-corrected chi connectivity index (χ3v) is 3.98. The highest BCUT2D eigenvalue weighted by Crippen LogP contribution is 2.31. The maximum atomic E-state index is 12.1. The highest BCUT2D eigenvalue weighted by molar-refractivity contribution is 5.81. The summed E-state index contributed by atoms with van der Waals surface area (Å²) < 4.78 is 0. The fraction of sp³-hybridized carbons (Fsp3) is 0.600. The van der Waals surface area contributed by atoms with Crippen LogP contribution in [-0.4, -0.2) is 46.9 Å². The second kappa shape index (κ2) is 5.70. The van der Waals surface area contributed by atoms with E-state index in [-0.39, 0.29) is 0 Å². The van der Waals surface area contributed by atoms with Crippen molar-refractivity contribution >= 4 is 5.91 Å². The Bertz CT molecular complexity index is 430. The predicted octanol–water partition coefficient (Wildman–Crippen LogP) is 1.53. The van der Waals surface area contributed by atoms with Crippen molar-refractivity contribution in [2.75, 3.05) is 26.2 Å². The van der Waals surface area contributed by atoms with Crippen LogP contribution < -0.4 is 0 Å². The van der Waals surface area contributed by atoms with E-state index in [9.17, 15) is 4.79 Å². The Hall–Kier alpha value is -1.42. The lowest BCUT2D eigenvalue weighted by atomic mass is 10.2. The molecule has 0 bridgehead atoms. The number of nitrogens with zero attached hydrogens (tertiary/aromatic N) is 3. The zero-order chi connectivity index (χ0) is 13.1. The van der Waals surface area contributed by atoms with Gasteiger partial charge in [-0.15, -0.1) is 0 Å². The molecule has 1 aromatic heterocycles. The molecule has 19 heavy (non-hydrogen) atoms. The van der Waals surface area contributed by atoms with E-state index in [0.29, 0.717) is 11.8 Å². The molecule has 1 saturated heterocycles. The molecule has 1 saturated carbocycles. The fourth-order valence-electron chi connectivity index (χ4n) is 2.68. The lowest BCUT2D eigenvalue weighted by molar-refractivity contribution is -0.132. The predicted molar refractivity (Wildman–Crippen MR) is 73.4 cm³/mol. The van der Waals surface area contributed by atoms with Crippen LogP contribution in [0.15, 0.2) is 24.5 Å². The third-order valence-electron chi connectivity index (χ3n) is 3.98. The smallest absolute Gasteiger partial charge is 0.225 e. The average Bonchev–Trinajstić information content (AvgIpc) is 3.27. The molecule has 1 aliphatic carbocycles. The SMILES string of the molecule is O=C(C1CC1)N1CCCN(Cc2ccncc2)CC1. The first-order chi connectivity index (χ1) is 9.33. The van der Waals surface area contributed by atoms with Crippen LogP contribution >= 0.6 is 0 Å². The van der Waals surface area contributed by atoms with Gasteiger partial charge in [0.2, 0.25) is 5.91 Å². The van der Waals surface area contributed by atoms with Gasteiger partial charge in [0.25, 0.3) is 0 Å². The maximum Gasteiger partial charge on any atom is 0.225 e. The van der Waals surface area contributed by atoms with Crippen LogP contribution in [-0.2, 0) is 11.3 Å².